The highest BCUT2D eigenvalue weighted by molar-refractivity contribution is 7.89. The van der Waals surface area contributed by atoms with Crippen LogP contribution in [0, 0.1) is 0 Å². The van der Waals surface area contributed by atoms with Crippen molar-refractivity contribution in [1.82, 2.24) is 9.62 Å². The minimum atomic E-state index is -3.76. The van der Waals surface area contributed by atoms with Gasteiger partial charge in [0.15, 0.2) is 18.1 Å². The fourth-order valence-corrected chi connectivity index (χ4v) is 5.78. The lowest BCUT2D eigenvalue weighted by molar-refractivity contribution is -0.124. The second-order valence-electron chi connectivity index (χ2n) is 8.50. The molecule has 2 aromatic carbocycles. The average molecular weight is 518 g/mol. The Labute approximate surface area is 211 Å². The largest absolute Gasteiger partial charge is 0.454 e. The Hall–Kier alpha value is -3.31. The number of fused-ring (bicyclic) bond motifs is 1. The summed E-state index contributed by atoms with van der Waals surface area (Å²) < 4.78 is 43.3. The van der Waals surface area contributed by atoms with Crippen LogP contribution in [-0.4, -0.2) is 64.2 Å². The van der Waals surface area contributed by atoms with E-state index in [1.54, 1.807) is 32.0 Å². The van der Waals surface area contributed by atoms with Gasteiger partial charge in [-0.15, -0.1) is 0 Å². The molecule has 2 aliphatic heterocycles. The number of rotatable bonds is 10. The van der Waals surface area contributed by atoms with Gasteiger partial charge in [-0.25, -0.2) is 13.2 Å². The molecule has 4 rings (SSSR count). The average Bonchev–Trinajstić information content (AvgIpc) is 3.58. The van der Waals surface area contributed by atoms with Gasteiger partial charge in [0, 0.05) is 32.7 Å². The first-order valence-corrected chi connectivity index (χ1v) is 13.5. The highest BCUT2D eigenvalue weighted by atomic mass is 32.2. The number of esters is 1. The van der Waals surface area contributed by atoms with E-state index in [-0.39, 0.29) is 23.8 Å². The standard InChI is InChI=1S/C25H31N3O7S/c1-3-28(4-2)36(31,32)19-8-9-21(27-11-5-6-12-27)20(14-19)25(30)33-16-24(29)26-15-18-7-10-22-23(13-18)35-17-34-22/h7-10,13-14H,3-6,11-12,15-17H2,1-2H3,(H,26,29). The molecule has 10 nitrogen and oxygen atoms in total. The smallest absolute Gasteiger partial charge is 0.340 e. The van der Waals surface area contributed by atoms with Crippen LogP contribution in [0.2, 0.25) is 0 Å². The van der Waals surface area contributed by atoms with Crippen LogP contribution in [0.15, 0.2) is 41.3 Å². The molecule has 2 aromatic rings. The number of hydrogen-bond acceptors (Lipinski definition) is 8. The highest BCUT2D eigenvalue weighted by Crippen LogP contribution is 2.32. The third-order valence-electron chi connectivity index (χ3n) is 6.24. The first-order chi connectivity index (χ1) is 17.3. The fraction of sp³-hybridized carbons (Fsp3) is 0.440. The van der Waals surface area contributed by atoms with Crippen LogP contribution >= 0.6 is 0 Å². The Morgan fingerprint density at radius 3 is 2.47 bits per heavy atom. The van der Waals surface area contributed by atoms with Crippen molar-refractivity contribution in [2.75, 3.05) is 44.5 Å². The summed E-state index contributed by atoms with van der Waals surface area (Å²) in [5, 5.41) is 2.71. The van der Waals surface area contributed by atoms with Crippen LogP contribution < -0.4 is 19.7 Å². The summed E-state index contributed by atoms with van der Waals surface area (Å²) >= 11 is 0. The van der Waals surface area contributed by atoms with Gasteiger partial charge in [-0.3, -0.25) is 4.79 Å². The Bertz CT molecular complexity index is 1220. The molecular formula is C25H31N3O7S. The summed E-state index contributed by atoms with van der Waals surface area (Å²) in [6, 6.07) is 9.88. The molecular weight excluding hydrogens is 486 g/mol. The maximum Gasteiger partial charge on any atom is 0.340 e. The third kappa shape index (κ3) is 5.57. The maximum atomic E-state index is 13.0. The molecule has 1 N–H and O–H groups in total. The van der Waals surface area contributed by atoms with Crippen molar-refractivity contribution in [3.05, 3.63) is 47.5 Å². The molecule has 0 atom stereocenters. The number of carbonyl (C=O) groups is 2. The van der Waals surface area contributed by atoms with Gasteiger partial charge in [-0.2, -0.15) is 4.31 Å². The van der Waals surface area contributed by atoms with E-state index < -0.39 is 28.5 Å². The lowest BCUT2D eigenvalue weighted by Crippen LogP contribution is -2.31. The van der Waals surface area contributed by atoms with Crippen molar-refractivity contribution >= 4 is 27.6 Å². The van der Waals surface area contributed by atoms with E-state index in [9.17, 15) is 18.0 Å². The number of benzene rings is 2. The molecule has 194 valence electrons. The van der Waals surface area contributed by atoms with E-state index in [1.807, 2.05) is 11.0 Å². The summed E-state index contributed by atoms with van der Waals surface area (Å²) in [5.41, 5.74) is 1.55. The molecule has 0 aliphatic carbocycles. The van der Waals surface area contributed by atoms with Crippen molar-refractivity contribution in [2.24, 2.45) is 0 Å². The van der Waals surface area contributed by atoms with Crippen molar-refractivity contribution in [3.8, 4) is 11.5 Å². The van der Waals surface area contributed by atoms with E-state index in [0.717, 1.165) is 31.5 Å². The van der Waals surface area contributed by atoms with Crippen LogP contribution in [-0.2, 0) is 26.1 Å². The molecule has 0 radical (unpaired) electrons. The third-order valence-corrected chi connectivity index (χ3v) is 8.28. The van der Waals surface area contributed by atoms with Crippen LogP contribution in [0.25, 0.3) is 0 Å². The minimum Gasteiger partial charge on any atom is -0.454 e. The number of nitrogens with zero attached hydrogens (tertiary/aromatic N) is 2. The van der Waals surface area contributed by atoms with Gasteiger partial charge in [0.25, 0.3) is 5.91 Å². The monoisotopic (exact) mass is 517 g/mol. The van der Waals surface area contributed by atoms with Crippen molar-refractivity contribution < 1.29 is 32.2 Å². The van der Waals surface area contributed by atoms with Gasteiger partial charge in [-0.05, 0) is 48.7 Å². The number of anilines is 1. The molecule has 36 heavy (non-hydrogen) atoms. The van der Waals surface area contributed by atoms with Gasteiger partial charge in [-0.1, -0.05) is 19.9 Å². The number of carbonyl (C=O) groups excluding carboxylic acids is 2. The number of amides is 1. The number of hydrogen-bond donors (Lipinski definition) is 1. The number of nitrogens with one attached hydrogen (secondary N) is 1. The molecule has 0 unspecified atom stereocenters. The zero-order valence-electron chi connectivity index (χ0n) is 20.5. The Kier molecular flexibility index (Phi) is 8.00. The normalized spacial score (nSPS) is 14.8. The first-order valence-electron chi connectivity index (χ1n) is 12.0. The predicted molar refractivity (Wildman–Crippen MR) is 133 cm³/mol. The summed E-state index contributed by atoms with van der Waals surface area (Å²) in [5.74, 6) is 0.0441. The topological polar surface area (TPSA) is 114 Å². The quantitative estimate of drug-likeness (QED) is 0.478. The van der Waals surface area contributed by atoms with Crippen molar-refractivity contribution in [1.29, 1.82) is 0 Å². The van der Waals surface area contributed by atoms with Crippen LogP contribution in [0.5, 0.6) is 11.5 Å². The summed E-state index contributed by atoms with van der Waals surface area (Å²) in [4.78, 5) is 27.5. The summed E-state index contributed by atoms with van der Waals surface area (Å²) in [7, 11) is -3.76. The van der Waals surface area contributed by atoms with E-state index in [2.05, 4.69) is 5.32 Å². The number of ether oxygens (including phenoxy) is 3. The lowest BCUT2D eigenvalue weighted by atomic mass is 10.1. The zero-order valence-corrected chi connectivity index (χ0v) is 21.3. The Balaban J connectivity index is 1.45. The molecule has 1 fully saturated rings. The molecule has 11 heteroatoms. The van der Waals surface area contributed by atoms with E-state index >= 15 is 0 Å². The second-order valence-corrected chi connectivity index (χ2v) is 10.4. The summed E-state index contributed by atoms with van der Waals surface area (Å²) in [6.07, 6.45) is 1.96. The second kappa shape index (κ2) is 11.2. The molecule has 2 aliphatic rings. The molecule has 0 saturated carbocycles. The van der Waals surface area contributed by atoms with Crippen molar-refractivity contribution in [3.63, 3.8) is 0 Å². The summed E-state index contributed by atoms with van der Waals surface area (Å²) in [6.45, 7) is 5.58. The van der Waals surface area contributed by atoms with Crippen LogP contribution in [0.4, 0.5) is 5.69 Å². The molecule has 2 heterocycles. The van der Waals surface area contributed by atoms with E-state index in [4.69, 9.17) is 14.2 Å². The van der Waals surface area contributed by atoms with Gasteiger partial charge in [0.1, 0.15) is 0 Å². The first kappa shape index (κ1) is 25.8. The molecule has 1 amide bonds. The fourth-order valence-electron chi connectivity index (χ4n) is 4.30. The highest BCUT2D eigenvalue weighted by Gasteiger charge is 2.27. The minimum absolute atomic E-state index is 0.0216. The maximum absolute atomic E-state index is 13.0. The molecule has 0 spiro atoms. The van der Waals surface area contributed by atoms with E-state index in [1.165, 1.54) is 16.4 Å². The van der Waals surface area contributed by atoms with Crippen LogP contribution in [0.1, 0.15) is 42.6 Å². The Morgan fingerprint density at radius 2 is 1.75 bits per heavy atom. The van der Waals surface area contributed by atoms with Gasteiger partial charge in [0.2, 0.25) is 16.8 Å². The van der Waals surface area contributed by atoms with Gasteiger partial charge in [0.05, 0.1) is 16.1 Å². The molecule has 1 saturated heterocycles. The zero-order chi connectivity index (χ0) is 25.7. The Morgan fingerprint density at radius 1 is 1.03 bits per heavy atom. The predicted octanol–water partition coefficient (Wildman–Crippen LogP) is 2.52. The molecule has 0 bridgehead atoms. The van der Waals surface area contributed by atoms with Gasteiger partial charge < -0.3 is 24.4 Å². The SMILES string of the molecule is CCN(CC)S(=O)(=O)c1ccc(N2CCCC2)c(C(=O)OCC(=O)NCc2ccc3c(c2)OCO3)c1. The van der Waals surface area contributed by atoms with Crippen molar-refractivity contribution in [2.45, 2.75) is 38.1 Å². The lowest BCUT2D eigenvalue weighted by Gasteiger charge is -2.23. The van der Waals surface area contributed by atoms with E-state index in [0.29, 0.717) is 30.3 Å². The van der Waals surface area contributed by atoms with Crippen LogP contribution in [0.3, 0.4) is 0 Å². The molecule has 0 aromatic heterocycles. The number of sulfonamides is 1. The van der Waals surface area contributed by atoms with Gasteiger partial charge >= 0.3 is 5.97 Å².